The lowest BCUT2D eigenvalue weighted by atomic mass is 10.2. The fourth-order valence-corrected chi connectivity index (χ4v) is 2.92. The fraction of sp³-hybridized carbons (Fsp3) is 0.167. The van der Waals surface area contributed by atoms with Gasteiger partial charge in [-0.1, -0.05) is 17.3 Å². The van der Waals surface area contributed by atoms with Crippen molar-refractivity contribution in [2.75, 3.05) is 5.75 Å². The van der Waals surface area contributed by atoms with Gasteiger partial charge in [0.15, 0.2) is 5.82 Å². The highest BCUT2D eigenvalue weighted by Gasteiger charge is 2.10. The average Bonchev–Trinajstić information content (AvgIpc) is 3.11. The Morgan fingerprint density at radius 1 is 1.04 bits per heavy atom. The van der Waals surface area contributed by atoms with Crippen molar-refractivity contribution in [1.82, 2.24) is 15.5 Å². The third-order valence-corrected chi connectivity index (χ3v) is 4.42. The molecule has 3 aromatic rings. The quantitative estimate of drug-likeness (QED) is 0.684. The van der Waals surface area contributed by atoms with E-state index in [1.54, 1.807) is 12.1 Å². The Balaban J connectivity index is 1.43. The molecule has 0 aliphatic rings. The molecule has 0 fully saturated rings. The van der Waals surface area contributed by atoms with Gasteiger partial charge in [-0.15, -0.1) is 11.8 Å². The summed E-state index contributed by atoms with van der Waals surface area (Å²) in [4.78, 5) is 16.0. The smallest absolute Gasteiger partial charge is 0.257 e. The molecular formula is C18H15F2N3O2S. The Hall–Kier alpha value is -2.74. The van der Waals surface area contributed by atoms with E-state index in [0.717, 1.165) is 5.56 Å². The van der Waals surface area contributed by atoms with Gasteiger partial charge in [-0.3, -0.25) is 4.79 Å². The summed E-state index contributed by atoms with van der Waals surface area (Å²) in [6, 6.07) is 11.9. The van der Waals surface area contributed by atoms with Crippen molar-refractivity contribution in [3.63, 3.8) is 0 Å². The Bertz CT molecular complexity index is 867. The molecule has 0 aliphatic carbocycles. The number of rotatable bonds is 7. The second-order valence-corrected chi connectivity index (χ2v) is 6.40. The van der Waals surface area contributed by atoms with E-state index < -0.39 is 0 Å². The zero-order valence-electron chi connectivity index (χ0n) is 13.6. The molecule has 1 amide bonds. The number of thioether (sulfide) groups is 1. The van der Waals surface area contributed by atoms with Gasteiger partial charge < -0.3 is 9.84 Å². The van der Waals surface area contributed by atoms with Crippen molar-refractivity contribution in [3.05, 3.63) is 71.6 Å². The van der Waals surface area contributed by atoms with Gasteiger partial charge in [-0.05, 0) is 42.0 Å². The third-order valence-electron chi connectivity index (χ3n) is 3.42. The lowest BCUT2D eigenvalue weighted by molar-refractivity contribution is -0.118. The van der Waals surface area contributed by atoms with E-state index in [-0.39, 0.29) is 35.7 Å². The van der Waals surface area contributed by atoms with E-state index in [9.17, 15) is 13.6 Å². The van der Waals surface area contributed by atoms with E-state index >= 15 is 0 Å². The van der Waals surface area contributed by atoms with Crippen LogP contribution in [-0.4, -0.2) is 21.8 Å². The molecule has 5 nitrogen and oxygen atoms in total. The molecule has 1 aromatic heterocycles. The number of carbonyl (C=O) groups is 1. The van der Waals surface area contributed by atoms with Crippen molar-refractivity contribution in [3.8, 4) is 11.5 Å². The Morgan fingerprint density at radius 3 is 2.38 bits per heavy atom. The van der Waals surface area contributed by atoms with E-state index in [0.29, 0.717) is 17.1 Å². The minimum absolute atomic E-state index is 0.140. The van der Waals surface area contributed by atoms with E-state index in [1.165, 1.54) is 48.2 Å². The summed E-state index contributed by atoms with van der Waals surface area (Å²) in [7, 11) is 0. The molecule has 1 N–H and O–H groups in total. The first-order valence-corrected chi connectivity index (χ1v) is 8.93. The van der Waals surface area contributed by atoms with Gasteiger partial charge in [0.1, 0.15) is 11.6 Å². The van der Waals surface area contributed by atoms with Gasteiger partial charge in [0.25, 0.3) is 5.89 Å². The summed E-state index contributed by atoms with van der Waals surface area (Å²) in [5.41, 5.74) is 1.55. The van der Waals surface area contributed by atoms with Gasteiger partial charge in [-0.25, -0.2) is 8.78 Å². The van der Waals surface area contributed by atoms with E-state index in [4.69, 9.17) is 4.52 Å². The molecule has 2 aromatic carbocycles. The number of halogens is 2. The Morgan fingerprint density at radius 2 is 1.69 bits per heavy atom. The third kappa shape index (κ3) is 5.13. The molecule has 0 radical (unpaired) electrons. The molecule has 3 rings (SSSR count). The summed E-state index contributed by atoms with van der Waals surface area (Å²) >= 11 is 1.42. The largest absolute Gasteiger partial charge is 0.348 e. The van der Waals surface area contributed by atoms with Crippen LogP contribution in [0.4, 0.5) is 8.78 Å². The number of hydrogen-bond donors (Lipinski definition) is 1. The maximum atomic E-state index is 12.9. The highest BCUT2D eigenvalue weighted by Crippen LogP contribution is 2.17. The molecule has 0 spiro atoms. The summed E-state index contributed by atoms with van der Waals surface area (Å²) in [6.45, 7) is 0.140. The highest BCUT2D eigenvalue weighted by atomic mass is 32.2. The second-order valence-electron chi connectivity index (χ2n) is 5.42. The van der Waals surface area contributed by atoms with Crippen LogP contribution >= 0.6 is 11.8 Å². The van der Waals surface area contributed by atoms with Gasteiger partial charge in [0.05, 0.1) is 12.3 Å². The van der Waals surface area contributed by atoms with Crippen LogP contribution in [0.5, 0.6) is 0 Å². The predicted molar refractivity (Wildman–Crippen MR) is 94.1 cm³/mol. The van der Waals surface area contributed by atoms with Gasteiger partial charge in [0, 0.05) is 11.3 Å². The molecule has 134 valence electrons. The van der Waals surface area contributed by atoms with E-state index in [1.807, 2.05) is 0 Å². The highest BCUT2D eigenvalue weighted by molar-refractivity contribution is 7.99. The number of benzene rings is 2. The van der Waals surface area contributed by atoms with Crippen LogP contribution in [-0.2, 0) is 17.1 Å². The first kappa shape index (κ1) is 18.1. The van der Waals surface area contributed by atoms with Crippen LogP contribution in [0.25, 0.3) is 11.5 Å². The molecule has 0 saturated heterocycles. The normalized spacial score (nSPS) is 10.7. The first-order chi connectivity index (χ1) is 12.6. The summed E-state index contributed by atoms with van der Waals surface area (Å²) in [5, 5.41) is 6.49. The molecule has 0 unspecified atom stereocenters. The molecule has 26 heavy (non-hydrogen) atoms. The standard InChI is InChI=1S/C18H15F2N3O2S/c19-14-5-1-12(2-6-14)10-26-11-17(24)21-9-16-22-18(25-23-16)13-3-7-15(20)8-4-13/h1-8H,9-11H2,(H,21,24). The summed E-state index contributed by atoms with van der Waals surface area (Å²) < 4.78 is 30.8. The minimum Gasteiger partial charge on any atom is -0.348 e. The van der Waals surface area contributed by atoms with Crippen LogP contribution in [0, 0.1) is 11.6 Å². The Kier molecular flexibility index (Phi) is 5.96. The van der Waals surface area contributed by atoms with Crippen LogP contribution in [0.3, 0.4) is 0 Å². The van der Waals surface area contributed by atoms with Crippen molar-refractivity contribution in [1.29, 1.82) is 0 Å². The van der Waals surface area contributed by atoms with Crippen molar-refractivity contribution < 1.29 is 18.1 Å². The predicted octanol–water partition coefficient (Wildman–Crippen LogP) is 3.56. The molecule has 0 saturated carbocycles. The van der Waals surface area contributed by atoms with Crippen molar-refractivity contribution >= 4 is 17.7 Å². The molecule has 8 heteroatoms. The minimum atomic E-state index is -0.348. The number of nitrogens with one attached hydrogen (secondary N) is 1. The second kappa shape index (κ2) is 8.57. The molecular weight excluding hydrogens is 360 g/mol. The number of amides is 1. The monoisotopic (exact) mass is 375 g/mol. The fourth-order valence-electron chi connectivity index (χ4n) is 2.11. The summed E-state index contributed by atoms with van der Waals surface area (Å²) in [5.74, 6) is 0.687. The number of aromatic nitrogens is 2. The zero-order valence-corrected chi connectivity index (χ0v) is 14.4. The van der Waals surface area contributed by atoms with Crippen molar-refractivity contribution in [2.24, 2.45) is 0 Å². The molecule has 1 heterocycles. The van der Waals surface area contributed by atoms with Crippen LogP contribution in [0.15, 0.2) is 53.1 Å². The lowest BCUT2D eigenvalue weighted by Gasteiger charge is -2.03. The lowest BCUT2D eigenvalue weighted by Crippen LogP contribution is -2.25. The van der Waals surface area contributed by atoms with Crippen molar-refractivity contribution in [2.45, 2.75) is 12.3 Å². The van der Waals surface area contributed by atoms with Gasteiger partial charge >= 0.3 is 0 Å². The maximum absolute atomic E-state index is 12.9. The van der Waals surface area contributed by atoms with Gasteiger partial charge in [0.2, 0.25) is 5.91 Å². The van der Waals surface area contributed by atoms with Crippen LogP contribution in [0.1, 0.15) is 11.4 Å². The SMILES string of the molecule is O=C(CSCc1ccc(F)cc1)NCc1noc(-c2ccc(F)cc2)n1. The van der Waals surface area contributed by atoms with Crippen LogP contribution in [0.2, 0.25) is 0 Å². The topological polar surface area (TPSA) is 68.0 Å². The number of nitrogens with zero attached hydrogens (tertiary/aromatic N) is 2. The molecule has 0 bridgehead atoms. The maximum Gasteiger partial charge on any atom is 0.257 e. The van der Waals surface area contributed by atoms with Crippen LogP contribution < -0.4 is 5.32 Å². The van der Waals surface area contributed by atoms with E-state index in [2.05, 4.69) is 15.5 Å². The zero-order chi connectivity index (χ0) is 18.4. The molecule has 0 aliphatic heterocycles. The van der Waals surface area contributed by atoms with Gasteiger partial charge in [-0.2, -0.15) is 4.98 Å². The Labute approximate surface area is 152 Å². The number of carbonyl (C=O) groups excluding carboxylic acids is 1. The average molecular weight is 375 g/mol. The first-order valence-electron chi connectivity index (χ1n) is 7.77. The summed E-state index contributed by atoms with van der Waals surface area (Å²) in [6.07, 6.45) is 0. The number of hydrogen-bond acceptors (Lipinski definition) is 5. The molecule has 0 atom stereocenters.